The highest BCUT2D eigenvalue weighted by Crippen LogP contribution is 2.45. The fourth-order valence-corrected chi connectivity index (χ4v) is 5.73. The molecule has 7 aromatic carbocycles. The van der Waals surface area contributed by atoms with E-state index in [1.807, 2.05) is 0 Å². The Morgan fingerprint density at radius 2 is 0.611 bits per heavy atom. The van der Waals surface area contributed by atoms with Crippen LogP contribution in [0.5, 0.6) is 0 Å². The van der Waals surface area contributed by atoms with Gasteiger partial charge in [0.25, 0.3) is 0 Å². The quantitative estimate of drug-likeness (QED) is 0.232. The smallest absolute Gasteiger partial charge is 0.00201 e. The minimum atomic E-state index is 1.24. The molecule has 0 nitrogen and oxygen atoms in total. The van der Waals surface area contributed by atoms with Crippen LogP contribution in [0.1, 0.15) is 0 Å². The second kappa shape index (κ2) is 8.52. The number of benzene rings is 7. The fraction of sp³-hybridized carbons (Fsp3) is 0. The van der Waals surface area contributed by atoms with E-state index in [2.05, 4.69) is 146 Å². The van der Waals surface area contributed by atoms with Crippen LogP contribution in [0.2, 0.25) is 0 Å². The van der Waals surface area contributed by atoms with Crippen LogP contribution < -0.4 is 0 Å². The lowest BCUT2D eigenvalue weighted by Gasteiger charge is -2.19. The number of hydrogen-bond acceptors (Lipinski definition) is 0. The fourth-order valence-electron chi connectivity index (χ4n) is 5.73. The molecule has 0 fully saturated rings. The van der Waals surface area contributed by atoms with Crippen molar-refractivity contribution in [1.82, 2.24) is 0 Å². The Balaban J connectivity index is 1.62. The maximum atomic E-state index is 2.29. The molecule has 0 saturated heterocycles. The minimum Gasteiger partial charge on any atom is -0.0622 e. The summed E-state index contributed by atoms with van der Waals surface area (Å²) >= 11 is 0. The molecular weight excluding hydrogens is 432 g/mol. The van der Waals surface area contributed by atoms with Gasteiger partial charge >= 0.3 is 0 Å². The Kier molecular flexibility index (Phi) is 4.89. The minimum absolute atomic E-state index is 1.24. The Hall–Kier alpha value is -4.68. The molecular formula is C36H24. The lowest BCUT2D eigenvalue weighted by atomic mass is 9.84. The van der Waals surface area contributed by atoms with Gasteiger partial charge in [0, 0.05) is 0 Å². The predicted molar refractivity (Wildman–Crippen MR) is 155 cm³/mol. The van der Waals surface area contributed by atoms with Crippen LogP contribution in [0.25, 0.3) is 65.7 Å². The van der Waals surface area contributed by atoms with Crippen molar-refractivity contribution in [2.45, 2.75) is 0 Å². The maximum absolute atomic E-state index is 2.29. The van der Waals surface area contributed by atoms with Gasteiger partial charge in [0.2, 0.25) is 0 Å². The van der Waals surface area contributed by atoms with Crippen LogP contribution >= 0.6 is 0 Å². The molecule has 0 atom stereocenters. The summed E-state index contributed by atoms with van der Waals surface area (Å²) in [5.41, 5.74) is 7.64. The van der Waals surface area contributed by atoms with E-state index < -0.39 is 0 Å². The Bertz CT molecular complexity index is 1810. The van der Waals surface area contributed by atoms with Gasteiger partial charge < -0.3 is 0 Å². The van der Waals surface area contributed by atoms with Gasteiger partial charge in [0.15, 0.2) is 0 Å². The second-order valence-corrected chi connectivity index (χ2v) is 9.28. The van der Waals surface area contributed by atoms with E-state index >= 15 is 0 Å². The van der Waals surface area contributed by atoms with Crippen molar-refractivity contribution in [1.29, 1.82) is 0 Å². The SMILES string of the molecule is c1ccc(-c2cccc3c(-c4c5ccccc5c(-c5ccccc5)c5ccccc45)cccc23)cc1. The first-order valence-electron chi connectivity index (χ1n) is 12.5. The zero-order valence-corrected chi connectivity index (χ0v) is 19.9. The Morgan fingerprint density at radius 3 is 1.17 bits per heavy atom. The zero-order chi connectivity index (χ0) is 23.9. The van der Waals surface area contributed by atoms with Gasteiger partial charge in [-0.15, -0.1) is 0 Å². The largest absolute Gasteiger partial charge is 0.0622 e. The van der Waals surface area contributed by atoms with Crippen LogP contribution in [-0.4, -0.2) is 0 Å². The normalized spacial score (nSPS) is 11.3. The third kappa shape index (κ3) is 3.23. The van der Waals surface area contributed by atoms with Crippen LogP contribution in [0.4, 0.5) is 0 Å². The molecule has 0 radical (unpaired) electrons. The first-order valence-corrected chi connectivity index (χ1v) is 12.5. The molecule has 0 heteroatoms. The van der Waals surface area contributed by atoms with E-state index in [4.69, 9.17) is 0 Å². The van der Waals surface area contributed by atoms with E-state index in [0.29, 0.717) is 0 Å². The van der Waals surface area contributed by atoms with Crippen molar-refractivity contribution in [3.8, 4) is 33.4 Å². The van der Waals surface area contributed by atoms with E-state index in [0.717, 1.165) is 0 Å². The van der Waals surface area contributed by atoms with Crippen LogP contribution in [0.15, 0.2) is 146 Å². The lowest BCUT2D eigenvalue weighted by molar-refractivity contribution is 1.64. The Morgan fingerprint density at radius 1 is 0.222 bits per heavy atom. The van der Waals surface area contributed by atoms with Gasteiger partial charge in [-0.05, 0) is 65.7 Å². The van der Waals surface area contributed by atoms with Crippen molar-refractivity contribution in [2.24, 2.45) is 0 Å². The molecule has 0 aliphatic carbocycles. The monoisotopic (exact) mass is 456 g/mol. The highest BCUT2D eigenvalue weighted by atomic mass is 14.2. The predicted octanol–water partition coefficient (Wildman–Crippen LogP) is 10.1. The van der Waals surface area contributed by atoms with Crippen LogP contribution in [0.3, 0.4) is 0 Å². The lowest BCUT2D eigenvalue weighted by Crippen LogP contribution is -1.92. The average Bonchev–Trinajstić information content (AvgIpc) is 2.96. The first-order chi connectivity index (χ1) is 17.9. The topological polar surface area (TPSA) is 0 Å². The summed E-state index contributed by atoms with van der Waals surface area (Å²) in [4.78, 5) is 0. The van der Waals surface area contributed by atoms with E-state index in [9.17, 15) is 0 Å². The number of hydrogen-bond donors (Lipinski definition) is 0. The zero-order valence-electron chi connectivity index (χ0n) is 19.9. The summed E-state index contributed by atoms with van der Waals surface area (Å²) in [6.07, 6.45) is 0. The molecule has 0 aromatic heterocycles. The number of fused-ring (bicyclic) bond motifs is 3. The molecule has 0 aliphatic rings. The molecule has 0 N–H and O–H groups in total. The van der Waals surface area contributed by atoms with Crippen molar-refractivity contribution >= 4 is 32.3 Å². The summed E-state index contributed by atoms with van der Waals surface area (Å²) in [5.74, 6) is 0. The van der Waals surface area contributed by atoms with Crippen LogP contribution in [0, 0.1) is 0 Å². The molecule has 7 aromatic rings. The average molecular weight is 457 g/mol. The second-order valence-electron chi connectivity index (χ2n) is 9.28. The summed E-state index contributed by atoms with van der Waals surface area (Å²) in [6, 6.07) is 52.7. The standard InChI is InChI=1S/C36H24/c1-3-13-25(14-4-1)27-21-11-23-29-28(27)22-12-24-30(29)36-33-19-9-7-17-31(33)35(26-15-5-2-6-16-26)32-18-8-10-20-34(32)36/h1-24H. The van der Waals surface area contributed by atoms with Gasteiger partial charge in [-0.2, -0.15) is 0 Å². The van der Waals surface area contributed by atoms with Gasteiger partial charge in [0.05, 0.1) is 0 Å². The van der Waals surface area contributed by atoms with E-state index in [-0.39, 0.29) is 0 Å². The third-order valence-corrected chi connectivity index (χ3v) is 7.27. The molecule has 0 heterocycles. The summed E-state index contributed by atoms with van der Waals surface area (Å²) < 4.78 is 0. The first kappa shape index (κ1) is 20.7. The molecule has 0 spiro atoms. The van der Waals surface area contributed by atoms with Gasteiger partial charge in [0.1, 0.15) is 0 Å². The van der Waals surface area contributed by atoms with Gasteiger partial charge in [-0.3, -0.25) is 0 Å². The molecule has 168 valence electrons. The summed E-state index contributed by atoms with van der Waals surface area (Å²) in [6.45, 7) is 0. The van der Waals surface area contributed by atoms with E-state index in [1.54, 1.807) is 0 Å². The number of rotatable bonds is 3. The molecule has 36 heavy (non-hydrogen) atoms. The van der Waals surface area contributed by atoms with Crippen LogP contribution in [-0.2, 0) is 0 Å². The van der Waals surface area contributed by atoms with Gasteiger partial charge in [-0.1, -0.05) is 146 Å². The molecule has 7 rings (SSSR count). The Labute approximate surface area is 211 Å². The molecule has 0 unspecified atom stereocenters. The molecule has 0 amide bonds. The third-order valence-electron chi connectivity index (χ3n) is 7.27. The van der Waals surface area contributed by atoms with Crippen molar-refractivity contribution in [3.05, 3.63) is 146 Å². The van der Waals surface area contributed by atoms with Crippen molar-refractivity contribution in [2.75, 3.05) is 0 Å². The van der Waals surface area contributed by atoms with Gasteiger partial charge in [-0.25, -0.2) is 0 Å². The highest BCUT2D eigenvalue weighted by Gasteiger charge is 2.18. The highest BCUT2D eigenvalue weighted by molar-refractivity contribution is 6.24. The summed E-state index contributed by atoms with van der Waals surface area (Å²) in [5, 5.41) is 7.70. The van der Waals surface area contributed by atoms with Crippen molar-refractivity contribution in [3.63, 3.8) is 0 Å². The molecule has 0 bridgehead atoms. The maximum Gasteiger partial charge on any atom is -0.00201 e. The molecule has 0 aliphatic heterocycles. The molecule has 0 saturated carbocycles. The van der Waals surface area contributed by atoms with Crippen molar-refractivity contribution < 1.29 is 0 Å². The summed E-state index contributed by atoms with van der Waals surface area (Å²) in [7, 11) is 0. The van der Waals surface area contributed by atoms with E-state index in [1.165, 1.54) is 65.7 Å².